The minimum atomic E-state index is -0.139. The van der Waals surface area contributed by atoms with Gasteiger partial charge < -0.3 is 15.5 Å². The normalized spacial score (nSPS) is 12.9. The summed E-state index contributed by atoms with van der Waals surface area (Å²) in [6, 6.07) is 13.3. The van der Waals surface area contributed by atoms with Gasteiger partial charge in [0.15, 0.2) is 13.1 Å². The summed E-state index contributed by atoms with van der Waals surface area (Å²) < 4.78 is 0. The van der Waals surface area contributed by atoms with E-state index in [0.717, 1.165) is 28.1 Å². The maximum Gasteiger partial charge on any atom is 0.279 e. The Balaban J connectivity index is 1.96. The second kappa shape index (κ2) is 11.0. The molecule has 0 fully saturated rings. The number of para-hydroxylation sites is 1. The van der Waals surface area contributed by atoms with Crippen molar-refractivity contribution in [2.75, 3.05) is 30.3 Å². The van der Waals surface area contributed by atoms with Crippen LogP contribution in [0.3, 0.4) is 0 Å². The lowest BCUT2D eigenvalue weighted by molar-refractivity contribution is -0.881. The Morgan fingerprint density at radius 3 is 2.24 bits per heavy atom. The van der Waals surface area contributed by atoms with Crippen LogP contribution in [0.2, 0.25) is 5.02 Å². The van der Waals surface area contributed by atoms with Gasteiger partial charge in [-0.3, -0.25) is 9.59 Å². The van der Waals surface area contributed by atoms with Crippen LogP contribution in [0, 0.1) is 6.92 Å². The zero-order valence-corrected chi connectivity index (χ0v) is 18.4. The molecule has 0 spiro atoms. The number of carbonyl (C=O) groups is 2. The van der Waals surface area contributed by atoms with Gasteiger partial charge in [-0.05, 0) is 55.5 Å². The van der Waals surface area contributed by atoms with Crippen LogP contribution in [0.15, 0.2) is 42.5 Å². The second-order valence-electron chi connectivity index (χ2n) is 7.41. The number of quaternary nitrogens is 1. The number of halogens is 1. The van der Waals surface area contributed by atoms with Gasteiger partial charge in [-0.25, -0.2) is 0 Å². The van der Waals surface area contributed by atoms with E-state index in [0.29, 0.717) is 23.2 Å². The topological polar surface area (TPSA) is 62.6 Å². The van der Waals surface area contributed by atoms with Gasteiger partial charge in [0, 0.05) is 16.4 Å². The molecule has 0 aliphatic heterocycles. The molecular weight excluding hydrogens is 386 g/mol. The second-order valence-corrected chi connectivity index (χ2v) is 7.85. The number of likely N-dealkylation sites (N-methyl/N-ethyl adjacent to an activating group) is 1. The van der Waals surface area contributed by atoms with Crippen molar-refractivity contribution in [1.82, 2.24) is 0 Å². The van der Waals surface area contributed by atoms with Crippen molar-refractivity contribution in [3.05, 3.63) is 58.6 Å². The fraction of sp³-hybridized carbons (Fsp3) is 0.391. The Hall–Kier alpha value is -2.37. The van der Waals surface area contributed by atoms with Gasteiger partial charge in [0.1, 0.15) is 0 Å². The first kappa shape index (κ1) is 22.9. The van der Waals surface area contributed by atoms with E-state index >= 15 is 0 Å². The molecular formula is C23H31ClN3O2+. The fourth-order valence-electron chi connectivity index (χ4n) is 3.14. The lowest BCUT2D eigenvalue weighted by Crippen LogP contribution is -3.13. The van der Waals surface area contributed by atoms with E-state index in [4.69, 9.17) is 11.6 Å². The standard InChI is InChI=1S/C23H30ClN3O2/c1-5-16(3)19-9-7-8-10-20(19)25-22(28)14-27(6-2)15-23(29)26-21-13-18(24)12-11-17(21)4/h7-13,16H,5-6,14-15H2,1-4H3,(H,25,28)(H,26,29)/p+1/t16-/m0/s1. The third-order valence-electron chi connectivity index (χ3n) is 5.17. The summed E-state index contributed by atoms with van der Waals surface area (Å²) in [5.74, 6) is 0.136. The molecule has 2 aromatic carbocycles. The highest BCUT2D eigenvalue weighted by atomic mass is 35.5. The predicted octanol–water partition coefficient (Wildman–Crippen LogP) is 3.64. The molecule has 0 aliphatic rings. The fourth-order valence-corrected chi connectivity index (χ4v) is 3.32. The minimum absolute atomic E-state index is 0.0932. The number of rotatable bonds is 9. The van der Waals surface area contributed by atoms with Crippen molar-refractivity contribution in [3.63, 3.8) is 0 Å². The molecule has 0 radical (unpaired) electrons. The summed E-state index contributed by atoms with van der Waals surface area (Å²) in [6.45, 7) is 9.27. The number of anilines is 2. The molecule has 2 atom stereocenters. The van der Waals surface area contributed by atoms with E-state index in [-0.39, 0.29) is 24.9 Å². The molecule has 2 rings (SSSR count). The summed E-state index contributed by atoms with van der Waals surface area (Å²) in [5.41, 5.74) is 3.63. The SMILES string of the molecule is CC[C@H](C)c1ccccc1NC(=O)C[NH+](CC)CC(=O)Nc1cc(Cl)ccc1C. The van der Waals surface area contributed by atoms with Crippen LogP contribution in [-0.2, 0) is 9.59 Å². The van der Waals surface area contributed by atoms with Gasteiger partial charge in [-0.15, -0.1) is 0 Å². The van der Waals surface area contributed by atoms with Crippen molar-refractivity contribution in [2.24, 2.45) is 0 Å². The van der Waals surface area contributed by atoms with Crippen molar-refractivity contribution >= 4 is 34.8 Å². The molecule has 0 saturated carbocycles. The monoisotopic (exact) mass is 416 g/mol. The average molecular weight is 417 g/mol. The Labute approximate surface area is 178 Å². The van der Waals surface area contributed by atoms with Gasteiger partial charge in [-0.2, -0.15) is 0 Å². The van der Waals surface area contributed by atoms with E-state index in [1.807, 2.05) is 38.1 Å². The number of benzene rings is 2. The van der Waals surface area contributed by atoms with E-state index < -0.39 is 0 Å². The Kier molecular flexibility index (Phi) is 8.68. The third kappa shape index (κ3) is 6.87. The van der Waals surface area contributed by atoms with Crippen LogP contribution >= 0.6 is 11.6 Å². The first-order chi connectivity index (χ1) is 13.8. The molecule has 156 valence electrons. The molecule has 0 aliphatic carbocycles. The highest BCUT2D eigenvalue weighted by molar-refractivity contribution is 6.31. The largest absolute Gasteiger partial charge is 0.321 e. The first-order valence-corrected chi connectivity index (χ1v) is 10.5. The molecule has 2 aromatic rings. The average Bonchev–Trinajstić information content (AvgIpc) is 2.70. The number of hydrogen-bond acceptors (Lipinski definition) is 2. The van der Waals surface area contributed by atoms with E-state index in [1.54, 1.807) is 12.1 Å². The Morgan fingerprint density at radius 1 is 1.00 bits per heavy atom. The summed E-state index contributed by atoms with van der Waals surface area (Å²) in [5, 5.41) is 6.49. The van der Waals surface area contributed by atoms with Crippen LogP contribution in [0.1, 0.15) is 44.2 Å². The number of nitrogens with one attached hydrogen (secondary N) is 3. The summed E-state index contributed by atoms with van der Waals surface area (Å²) >= 11 is 6.02. The maximum atomic E-state index is 12.6. The number of amides is 2. The Morgan fingerprint density at radius 2 is 1.62 bits per heavy atom. The zero-order chi connectivity index (χ0) is 21.4. The minimum Gasteiger partial charge on any atom is -0.321 e. The van der Waals surface area contributed by atoms with Crippen LogP contribution in [0.25, 0.3) is 0 Å². The highest BCUT2D eigenvalue weighted by Crippen LogP contribution is 2.26. The van der Waals surface area contributed by atoms with Crippen LogP contribution in [0.4, 0.5) is 11.4 Å². The van der Waals surface area contributed by atoms with Gasteiger partial charge in [-0.1, -0.05) is 49.7 Å². The van der Waals surface area contributed by atoms with Gasteiger partial charge in [0.2, 0.25) is 0 Å². The summed E-state index contributed by atoms with van der Waals surface area (Å²) in [4.78, 5) is 26.0. The van der Waals surface area contributed by atoms with E-state index in [1.165, 1.54) is 0 Å². The van der Waals surface area contributed by atoms with Gasteiger partial charge in [0.25, 0.3) is 11.8 Å². The molecule has 29 heavy (non-hydrogen) atoms. The molecule has 0 bridgehead atoms. The molecule has 1 unspecified atom stereocenters. The van der Waals surface area contributed by atoms with Crippen LogP contribution < -0.4 is 15.5 Å². The predicted molar refractivity (Wildman–Crippen MR) is 120 cm³/mol. The molecule has 2 amide bonds. The highest BCUT2D eigenvalue weighted by Gasteiger charge is 2.19. The zero-order valence-electron chi connectivity index (χ0n) is 17.6. The molecule has 0 saturated heterocycles. The molecule has 0 aromatic heterocycles. The number of hydrogen-bond donors (Lipinski definition) is 3. The van der Waals surface area contributed by atoms with Crippen molar-refractivity contribution in [3.8, 4) is 0 Å². The van der Waals surface area contributed by atoms with E-state index in [2.05, 4.69) is 30.5 Å². The quantitative estimate of drug-likeness (QED) is 0.584. The van der Waals surface area contributed by atoms with Crippen molar-refractivity contribution in [2.45, 2.75) is 40.0 Å². The van der Waals surface area contributed by atoms with Gasteiger partial charge in [0.05, 0.1) is 6.54 Å². The van der Waals surface area contributed by atoms with Crippen LogP contribution in [0.5, 0.6) is 0 Å². The third-order valence-corrected chi connectivity index (χ3v) is 5.41. The number of aryl methyl sites for hydroxylation is 1. The molecule has 5 nitrogen and oxygen atoms in total. The van der Waals surface area contributed by atoms with Gasteiger partial charge >= 0.3 is 0 Å². The van der Waals surface area contributed by atoms with Crippen molar-refractivity contribution < 1.29 is 14.5 Å². The lowest BCUT2D eigenvalue weighted by atomic mass is 9.97. The molecule has 0 heterocycles. The maximum absolute atomic E-state index is 12.6. The molecule has 3 N–H and O–H groups in total. The first-order valence-electron chi connectivity index (χ1n) is 10.1. The smallest absolute Gasteiger partial charge is 0.279 e. The summed E-state index contributed by atoms with van der Waals surface area (Å²) in [7, 11) is 0. The van der Waals surface area contributed by atoms with E-state index in [9.17, 15) is 9.59 Å². The lowest BCUT2D eigenvalue weighted by Gasteiger charge is -2.19. The van der Waals surface area contributed by atoms with Crippen molar-refractivity contribution in [1.29, 1.82) is 0 Å². The number of carbonyl (C=O) groups excluding carboxylic acids is 2. The molecule has 6 heteroatoms. The Bertz CT molecular complexity index is 854. The van der Waals surface area contributed by atoms with Crippen LogP contribution in [-0.4, -0.2) is 31.4 Å². The summed E-state index contributed by atoms with van der Waals surface area (Å²) in [6.07, 6.45) is 1.00.